The highest BCUT2D eigenvalue weighted by molar-refractivity contribution is 6.74. The van der Waals surface area contributed by atoms with Gasteiger partial charge in [-0.15, -0.1) is 0 Å². The van der Waals surface area contributed by atoms with Gasteiger partial charge in [-0.2, -0.15) is 0 Å². The third kappa shape index (κ3) is 6.08. The lowest BCUT2D eigenvalue weighted by Crippen LogP contribution is -2.42. The van der Waals surface area contributed by atoms with Crippen molar-refractivity contribution in [1.82, 2.24) is 0 Å². The fourth-order valence-electron chi connectivity index (χ4n) is 1.70. The Bertz CT molecular complexity index is 318. The minimum atomic E-state index is -1.76. The standard InChI is InChI=1S/C16H34O3Si/c1-12(10-17)9-13(2)15(18)14(3)11-19-20(7,8)16(4,5)6/h9,12,14-15,17-18H,10-11H2,1-8H3/b13-9+/t12-,14+,15+/m1/s1. The van der Waals surface area contributed by atoms with Gasteiger partial charge in [0, 0.05) is 19.1 Å². The van der Waals surface area contributed by atoms with E-state index in [1.807, 2.05) is 26.8 Å². The molecule has 4 heteroatoms. The number of rotatable bonds is 7. The van der Waals surface area contributed by atoms with Crippen LogP contribution in [-0.2, 0) is 4.43 Å². The molecule has 2 N–H and O–H groups in total. The zero-order valence-corrected chi connectivity index (χ0v) is 15.5. The molecule has 0 heterocycles. The van der Waals surface area contributed by atoms with E-state index in [1.54, 1.807) is 0 Å². The van der Waals surface area contributed by atoms with Gasteiger partial charge in [0.05, 0.1) is 6.10 Å². The normalized spacial score (nSPS) is 18.8. The quantitative estimate of drug-likeness (QED) is 0.558. The largest absolute Gasteiger partial charge is 0.416 e. The van der Waals surface area contributed by atoms with Crippen LogP contribution in [0, 0.1) is 11.8 Å². The molecule has 3 atom stereocenters. The van der Waals surface area contributed by atoms with Gasteiger partial charge in [-0.1, -0.05) is 40.7 Å². The van der Waals surface area contributed by atoms with Crippen molar-refractivity contribution >= 4 is 8.32 Å². The predicted molar refractivity (Wildman–Crippen MR) is 88.3 cm³/mol. The molecule has 0 unspecified atom stereocenters. The van der Waals surface area contributed by atoms with E-state index in [0.717, 1.165) is 5.57 Å². The lowest BCUT2D eigenvalue weighted by molar-refractivity contribution is 0.105. The van der Waals surface area contributed by atoms with Crippen molar-refractivity contribution in [3.63, 3.8) is 0 Å². The second-order valence-electron chi connectivity index (χ2n) is 7.56. The summed E-state index contributed by atoms with van der Waals surface area (Å²) in [6.07, 6.45) is 1.43. The van der Waals surface area contributed by atoms with Crippen molar-refractivity contribution in [1.29, 1.82) is 0 Å². The lowest BCUT2D eigenvalue weighted by atomic mass is 9.96. The molecule has 20 heavy (non-hydrogen) atoms. The van der Waals surface area contributed by atoms with E-state index < -0.39 is 14.4 Å². The summed E-state index contributed by atoms with van der Waals surface area (Å²) in [5, 5.41) is 19.6. The molecular formula is C16H34O3Si. The fraction of sp³-hybridized carbons (Fsp3) is 0.875. The monoisotopic (exact) mass is 302 g/mol. The van der Waals surface area contributed by atoms with Gasteiger partial charge in [-0.05, 0) is 36.5 Å². The van der Waals surface area contributed by atoms with Crippen molar-refractivity contribution in [2.75, 3.05) is 13.2 Å². The first kappa shape index (κ1) is 19.8. The second-order valence-corrected chi connectivity index (χ2v) is 12.4. The van der Waals surface area contributed by atoms with Crippen LogP contribution in [0.15, 0.2) is 11.6 Å². The molecule has 0 aromatic carbocycles. The molecule has 0 fully saturated rings. The van der Waals surface area contributed by atoms with Crippen LogP contribution in [0.1, 0.15) is 41.5 Å². The summed E-state index contributed by atoms with van der Waals surface area (Å²) in [6, 6.07) is 0. The van der Waals surface area contributed by atoms with E-state index in [0.29, 0.717) is 6.61 Å². The summed E-state index contributed by atoms with van der Waals surface area (Å²) in [5.74, 6) is 0.143. The average molecular weight is 303 g/mol. The number of hydrogen-bond acceptors (Lipinski definition) is 3. The van der Waals surface area contributed by atoms with Gasteiger partial charge in [0.15, 0.2) is 8.32 Å². The Morgan fingerprint density at radius 1 is 1.25 bits per heavy atom. The Morgan fingerprint density at radius 2 is 1.75 bits per heavy atom. The summed E-state index contributed by atoms with van der Waals surface area (Å²) in [4.78, 5) is 0. The SMILES string of the molecule is C/C(=C\[C@@H](C)CO)[C@H](O)[C@@H](C)CO[Si](C)(C)C(C)(C)C. The number of hydrogen-bond donors (Lipinski definition) is 2. The maximum atomic E-state index is 10.3. The molecule has 0 aliphatic heterocycles. The zero-order valence-electron chi connectivity index (χ0n) is 14.5. The first-order valence-electron chi connectivity index (χ1n) is 7.53. The molecule has 0 saturated heterocycles. The highest BCUT2D eigenvalue weighted by atomic mass is 28.4. The maximum absolute atomic E-state index is 10.3. The Morgan fingerprint density at radius 3 is 2.15 bits per heavy atom. The van der Waals surface area contributed by atoms with Crippen LogP contribution in [0.4, 0.5) is 0 Å². The first-order valence-corrected chi connectivity index (χ1v) is 10.4. The minimum Gasteiger partial charge on any atom is -0.416 e. The molecule has 0 spiro atoms. The van der Waals surface area contributed by atoms with Gasteiger partial charge in [0.1, 0.15) is 0 Å². The number of aliphatic hydroxyl groups is 2. The van der Waals surface area contributed by atoms with Crippen LogP contribution < -0.4 is 0 Å². The van der Waals surface area contributed by atoms with Crippen LogP contribution in [0.5, 0.6) is 0 Å². The van der Waals surface area contributed by atoms with Crippen molar-refractivity contribution in [3.8, 4) is 0 Å². The van der Waals surface area contributed by atoms with Crippen LogP contribution in [0.25, 0.3) is 0 Å². The Balaban J connectivity index is 4.56. The topological polar surface area (TPSA) is 49.7 Å². The van der Waals surface area contributed by atoms with Gasteiger partial charge >= 0.3 is 0 Å². The van der Waals surface area contributed by atoms with Gasteiger partial charge in [-0.3, -0.25) is 0 Å². The third-order valence-electron chi connectivity index (χ3n) is 4.35. The van der Waals surface area contributed by atoms with Crippen molar-refractivity contribution in [2.45, 2.75) is 65.8 Å². The molecule has 0 saturated carbocycles. The third-order valence-corrected chi connectivity index (χ3v) is 8.85. The van der Waals surface area contributed by atoms with E-state index in [-0.39, 0.29) is 23.5 Å². The van der Waals surface area contributed by atoms with Crippen molar-refractivity contribution < 1.29 is 14.6 Å². The minimum absolute atomic E-state index is 0.0614. The summed E-state index contributed by atoms with van der Waals surface area (Å²) < 4.78 is 6.16. The van der Waals surface area contributed by atoms with Crippen LogP contribution in [0.2, 0.25) is 18.1 Å². The van der Waals surface area contributed by atoms with Gasteiger partial charge in [0.25, 0.3) is 0 Å². The molecule has 0 rings (SSSR count). The molecule has 0 radical (unpaired) electrons. The van der Waals surface area contributed by atoms with Crippen LogP contribution >= 0.6 is 0 Å². The van der Waals surface area contributed by atoms with Gasteiger partial charge < -0.3 is 14.6 Å². The van der Waals surface area contributed by atoms with E-state index >= 15 is 0 Å². The van der Waals surface area contributed by atoms with Gasteiger partial charge in [0.2, 0.25) is 0 Å². The second kappa shape index (κ2) is 7.73. The lowest BCUT2D eigenvalue weighted by Gasteiger charge is -2.37. The van der Waals surface area contributed by atoms with E-state index in [9.17, 15) is 5.11 Å². The summed E-state index contributed by atoms with van der Waals surface area (Å²) in [6.45, 7) is 17.7. The van der Waals surface area contributed by atoms with Crippen LogP contribution in [-0.4, -0.2) is 37.8 Å². The summed E-state index contributed by atoms with van der Waals surface area (Å²) in [7, 11) is -1.76. The Kier molecular flexibility index (Phi) is 7.67. The van der Waals surface area contributed by atoms with E-state index in [4.69, 9.17) is 9.53 Å². The highest BCUT2D eigenvalue weighted by Gasteiger charge is 2.37. The summed E-state index contributed by atoms with van der Waals surface area (Å²) >= 11 is 0. The maximum Gasteiger partial charge on any atom is 0.191 e. The van der Waals surface area contributed by atoms with E-state index in [2.05, 4.69) is 33.9 Å². The molecule has 0 aliphatic rings. The zero-order chi connectivity index (χ0) is 16.1. The van der Waals surface area contributed by atoms with Crippen molar-refractivity contribution in [2.24, 2.45) is 11.8 Å². The predicted octanol–water partition coefficient (Wildman–Crippen LogP) is 3.58. The molecule has 0 amide bonds. The molecular weight excluding hydrogens is 268 g/mol. The molecule has 0 aromatic heterocycles. The summed E-state index contributed by atoms with van der Waals surface area (Å²) in [5.41, 5.74) is 0.915. The fourth-order valence-corrected chi connectivity index (χ4v) is 2.81. The Labute approximate surface area is 126 Å². The smallest absolute Gasteiger partial charge is 0.191 e. The first-order chi connectivity index (χ1) is 8.92. The molecule has 120 valence electrons. The highest BCUT2D eigenvalue weighted by Crippen LogP contribution is 2.37. The van der Waals surface area contributed by atoms with Gasteiger partial charge in [-0.25, -0.2) is 0 Å². The van der Waals surface area contributed by atoms with E-state index in [1.165, 1.54) is 0 Å². The average Bonchev–Trinajstić information content (AvgIpc) is 2.33. The van der Waals surface area contributed by atoms with Crippen molar-refractivity contribution in [3.05, 3.63) is 11.6 Å². The Hall–Kier alpha value is -0.163. The van der Waals surface area contributed by atoms with Crippen LogP contribution in [0.3, 0.4) is 0 Å². The number of aliphatic hydroxyl groups excluding tert-OH is 2. The molecule has 3 nitrogen and oxygen atoms in total. The molecule has 0 aromatic rings. The molecule has 0 aliphatic carbocycles. The molecule has 0 bridgehead atoms.